The number of carboxylic acids is 2. The lowest BCUT2D eigenvalue weighted by Gasteiger charge is -2.31. The van der Waals surface area contributed by atoms with Crippen molar-refractivity contribution in [2.24, 2.45) is 0 Å². The van der Waals surface area contributed by atoms with E-state index >= 15 is 0 Å². The van der Waals surface area contributed by atoms with Gasteiger partial charge in [-0.1, -0.05) is 0 Å². The number of carboxylic acid groups (broad SMARTS) is 2. The molecule has 6 nitrogen and oxygen atoms in total. The van der Waals surface area contributed by atoms with Crippen molar-refractivity contribution >= 4 is 11.9 Å². The molecule has 2 unspecified atom stereocenters. The van der Waals surface area contributed by atoms with Crippen molar-refractivity contribution < 1.29 is 28.6 Å². The maximum Gasteiger partial charge on any atom is 0.376 e. The van der Waals surface area contributed by atoms with E-state index in [9.17, 15) is 18.4 Å². The van der Waals surface area contributed by atoms with E-state index < -0.39 is 36.5 Å². The first kappa shape index (κ1) is 11.8. The van der Waals surface area contributed by atoms with Crippen molar-refractivity contribution in [3.05, 3.63) is 0 Å². The quantitative estimate of drug-likeness (QED) is 0.476. The van der Waals surface area contributed by atoms with E-state index in [4.69, 9.17) is 10.2 Å². The highest BCUT2D eigenvalue weighted by Crippen LogP contribution is 2.20. The largest absolute Gasteiger partial charge is 0.480 e. The summed E-state index contributed by atoms with van der Waals surface area (Å²) in [5.74, 6) is -7.30. The fourth-order valence-corrected chi connectivity index (χ4v) is 1.24. The number of halogens is 2. The molecule has 1 aliphatic rings. The summed E-state index contributed by atoms with van der Waals surface area (Å²) in [6.45, 7) is -0.640. The van der Waals surface area contributed by atoms with Crippen molar-refractivity contribution in [3.8, 4) is 0 Å². The van der Waals surface area contributed by atoms with Crippen molar-refractivity contribution in [1.82, 2.24) is 10.6 Å². The van der Waals surface area contributed by atoms with Crippen LogP contribution in [-0.4, -0.2) is 53.2 Å². The molecule has 1 heterocycles. The third-order valence-electron chi connectivity index (χ3n) is 2.16. The predicted molar refractivity (Wildman–Crippen MR) is 43.8 cm³/mol. The minimum absolute atomic E-state index is 0.233. The topological polar surface area (TPSA) is 98.7 Å². The van der Waals surface area contributed by atoms with Gasteiger partial charge in [0.05, 0.1) is 6.04 Å². The lowest BCUT2D eigenvalue weighted by Crippen LogP contribution is -2.64. The molecule has 86 valence electrons. The molecular formula is C7H10F2N2O4. The van der Waals surface area contributed by atoms with Crippen LogP contribution in [0.5, 0.6) is 0 Å². The fraction of sp³-hybridized carbons (Fsp3) is 0.714. The number of carbonyl (C=O) groups is 2. The summed E-state index contributed by atoms with van der Waals surface area (Å²) in [6.07, 6.45) is 0. The first-order valence-corrected chi connectivity index (χ1v) is 4.16. The predicted octanol–water partition coefficient (Wildman–Crippen LogP) is -1.28. The van der Waals surface area contributed by atoms with Crippen LogP contribution in [0.4, 0.5) is 8.78 Å². The molecule has 0 bridgehead atoms. The summed E-state index contributed by atoms with van der Waals surface area (Å²) < 4.78 is 25.8. The first-order valence-electron chi connectivity index (χ1n) is 4.16. The van der Waals surface area contributed by atoms with Crippen LogP contribution in [0.15, 0.2) is 0 Å². The van der Waals surface area contributed by atoms with Crippen LogP contribution in [0.1, 0.15) is 0 Å². The number of piperazine rings is 1. The van der Waals surface area contributed by atoms with Crippen molar-refractivity contribution in [2.45, 2.75) is 18.0 Å². The molecule has 0 saturated carbocycles. The molecule has 0 aromatic heterocycles. The second-order valence-corrected chi connectivity index (χ2v) is 3.19. The molecule has 0 aromatic carbocycles. The van der Waals surface area contributed by atoms with Gasteiger partial charge in [0.1, 0.15) is 6.04 Å². The Balaban J connectivity index is 2.57. The third-order valence-corrected chi connectivity index (χ3v) is 2.16. The van der Waals surface area contributed by atoms with Gasteiger partial charge in [-0.15, -0.1) is 0 Å². The number of hydrogen-bond donors (Lipinski definition) is 4. The maximum atomic E-state index is 12.9. The molecular weight excluding hydrogens is 214 g/mol. The zero-order chi connectivity index (χ0) is 11.6. The van der Waals surface area contributed by atoms with E-state index in [1.807, 2.05) is 0 Å². The molecule has 2 atom stereocenters. The molecule has 0 amide bonds. The summed E-state index contributed by atoms with van der Waals surface area (Å²) in [4.78, 5) is 20.6. The number of alkyl halides is 2. The summed E-state index contributed by atoms with van der Waals surface area (Å²) in [6, 6.07) is -2.56. The van der Waals surface area contributed by atoms with Crippen molar-refractivity contribution in [1.29, 1.82) is 0 Å². The maximum absolute atomic E-state index is 12.9. The Bertz CT molecular complexity index is 276. The van der Waals surface area contributed by atoms with Crippen LogP contribution in [0, 0.1) is 0 Å². The monoisotopic (exact) mass is 224 g/mol. The third kappa shape index (κ3) is 2.39. The Morgan fingerprint density at radius 1 is 1.20 bits per heavy atom. The van der Waals surface area contributed by atoms with E-state index in [1.54, 1.807) is 0 Å². The molecule has 0 radical (unpaired) electrons. The van der Waals surface area contributed by atoms with Gasteiger partial charge in [0.25, 0.3) is 0 Å². The lowest BCUT2D eigenvalue weighted by atomic mass is 10.1. The number of aliphatic carboxylic acids is 2. The van der Waals surface area contributed by atoms with Gasteiger partial charge >= 0.3 is 17.9 Å². The minimum Gasteiger partial charge on any atom is -0.480 e. The van der Waals surface area contributed by atoms with Crippen LogP contribution < -0.4 is 10.6 Å². The van der Waals surface area contributed by atoms with Crippen LogP contribution in [0.2, 0.25) is 0 Å². The Labute approximate surface area is 83.3 Å². The minimum atomic E-state index is -3.91. The molecule has 1 fully saturated rings. The average molecular weight is 224 g/mol. The van der Waals surface area contributed by atoms with Crippen LogP contribution >= 0.6 is 0 Å². The van der Waals surface area contributed by atoms with Crippen LogP contribution in [0.3, 0.4) is 0 Å². The van der Waals surface area contributed by atoms with Crippen LogP contribution in [-0.2, 0) is 9.59 Å². The molecule has 15 heavy (non-hydrogen) atoms. The summed E-state index contributed by atoms with van der Waals surface area (Å²) in [5.41, 5.74) is 0. The van der Waals surface area contributed by atoms with Crippen molar-refractivity contribution in [2.75, 3.05) is 13.1 Å². The van der Waals surface area contributed by atoms with Gasteiger partial charge in [-0.3, -0.25) is 4.79 Å². The fourth-order valence-electron chi connectivity index (χ4n) is 1.24. The van der Waals surface area contributed by atoms with Gasteiger partial charge in [0.15, 0.2) is 0 Å². The molecule has 1 aliphatic heterocycles. The van der Waals surface area contributed by atoms with Gasteiger partial charge in [-0.05, 0) is 0 Å². The molecule has 8 heteroatoms. The Morgan fingerprint density at radius 3 is 2.13 bits per heavy atom. The van der Waals surface area contributed by atoms with Gasteiger partial charge < -0.3 is 20.8 Å². The van der Waals surface area contributed by atoms with E-state index in [-0.39, 0.29) is 6.54 Å². The Kier molecular flexibility index (Phi) is 3.20. The number of nitrogens with one attached hydrogen (secondary N) is 2. The zero-order valence-corrected chi connectivity index (χ0v) is 7.54. The van der Waals surface area contributed by atoms with E-state index in [0.29, 0.717) is 0 Å². The van der Waals surface area contributed by atoms with Gasteiger partial charge in [-0.25, -0.2) is 4.79 Å². The van der Waals surface area contributed by atoms with Crippen molar-refractivity contribution in [3.63, 3.8) is 0 Å². The average Bonchev–Trinajstić information content (AvgIpc) is 2.17. The molecule has 0 aromatic rings. The number of rotatable bonds is 3. The molecule has 4 N–H and O–H groups in total. The van der Waals surface area contributed by atoms with Gasteiger partial charge in [-0.2, -0.15) is 8.78 Å². The smallest absolute Gasteiger partial charge is 0.376 e. The second kappa shape index (κ2) is 4.07. The molecule has 1 saturated heterocycles. The molecule has 0 aliphatic carbocycles. The summed E-state index contributed by atoms with van der Waals surface area (Å²) in [5, 5.41) is 21.3. The molecule has 1 rings (SSSR count). The Morgan fingerprint density at radius 2 is 1.80 bits per heavy atom. The Hall–Kier alpha value is -1.28. The summed E-state index contributed by atoms with van der Waals surface area (Å²) >= 11 is 0. The zero-order valence-electron chi connectivity index (χ0n) is 7.54. The first-order chi connectivity index (χ1) is 6.85. The highest BCUT2D eigenvalue weighted by atomic mass is 19.3. The molecule has 0 spiro atoms. The van der Waals surface area contributed by atoms with E-state index in [2.05, 4.69) is 10.6 Å². The SMILES string of the molecule is O=C(O)C1CNC(C(F)(F)C(=O)O)CN1. The lowest BCUT2D eigenvalue weighted by molar-refractivity contribution is -0.170. The van der Waals surface area contributed by atoms with Gasteiger partial charge in [0.2, 0.25) is 0 Å². The van der Waals surface area contributed by atoms with E-state index in [1.165, 1.54) is 0 Å². The second-order valence-electron chi connectivity index (χ2n) is 3.19. The summed E-state index contributed by atoms with van der Waals surface area (Å²) in [7, 11) is 0. The van der Waals surface area contributed by atoms with E-state index in [0.717, 1.165) is 0 Å². The van der Waals surface area contributed by atoms with Gasteiger partial charge in [0, 0.05) is 13.1 Å². The van der Waals surface area contributed by atoms with Crippen LogP contribution in [0.25, 0.3) is 0 Å². The standard InChI is InChI=1S/C7H10F2N2O4/c8-7(9,6(14)15)4-2-10-3(1-11-4)5(12)13/h3-4,10-11H,1-2H2,(H,12,13)(H,14,15). The highest BCUT2D eigenvalue weighted by molar-refractivity contribution is 5.77. The highest BCUT2D eigenvalue weighted by Gasteiger charge is 2.49. The number of hydrogen-bond acceptors (Lipinski definition) is 4. The normalized spacial score (nSPS) is 27.3.